The van der Waals surface area contributed by atoms with Gasteiger partial charge in [-0.1, -0.05) is 0 Å². The molecule has 1 amide bonds. The summed E-state index contributed by atoms with van der Waals surface area (Å²) in [7, 11) is 0. The summed E-state index contributed by atoms with van der Waals surface area (Å²) in [5.74, 6) is -0.330. The van der Waals surface area contributed by atoms with Gasteiger partial charge in [-0.25, -0.2) is 9.78 Å². The topological polar surface area (TPSA) is 92.4 Å². The molecule has 0 aliphatic carbocycles. The zero-order chi connectivity index (χ0) is 16.6. The van der Waals surface area contributed by atoms with Gasteiger partial charge in [-0.15, -0.1) is 11.3 Å². The number of nitrogens with one attached hydrogen (secondary N) is 1. The number of carbonyl (C=O) groups is 1. The summed E-state index contributed by atoms with van der Waals surface area (Å²) < 4.78 is 5.26. The Bertz CT molecular complexity index is 945. The number of nitrogens with zero attached hydrogens (tertiary/aromatic N) is 1. The minimum absolute atomic E-state index is 0.0304. The largest absolute Gasteiger partial charge is 0.507 e. The van der Waals surface area contributed by atoms with Crippen molar-refractivity contribution in [2.75, 3.05) is 5.32 Å². The third-order valence-electron chi connectivity index (χ3n) is 3.52. The van der Waals surface area contributed by atoms with Gasteiger partial charge in [0.2, 0.25) is 5.91 Å². The van der Waals surface area contributed by atoms with Crippen LogP contribution in [0.2, 0.25) is 0 Å². The SMILES string of the molecule is Cc1cc(O)c2c(C)c(CC(=O)Nc3nccs3)c(=O)oc2c1. The molecule has 3 rings (SSSR count). The monoisotopic (exact) mass is 330 g/mol. The summed E-state index contributed by atoms with van der Waals surface area (Å²) in [5.41, 5.74) is 1.30. The number of phenolic OH excluding ortho intramolecular Hbond substituents is 1. The van der Waals surface area contributed by atoms with Crippen LogP contribution < -0.4 is 10.9 Å². The summed E-state index contributed by atoms with van der Waals surface area (Å²) in [6.07, 6.45) is 1.44. The Balaban J connectivity index is 2.01. The number of hydrogen-bond acceptors (Lipinski definition) is 6. The lowest BCUT2D eigenvalue weighted by molar-refractivity contribution is -0.115. The number of amides is 1. The Morgan fingerprint density at radius 3 is 2.87 bits per heavy atom. The summed E-state index contributed by atoms with van der Waals surface area (Å²) in [6, 6.07) is 3.28. The zero-order valence-corrected chi connectivity index (χ0v) is 13.4. The second-order valence-electron chi connectivity index (χ2n) is 5.21. The van der Waals surface area contributed by atoms with Crippen molar-refractivity contribution in [2.24, 2.45) is 0 Å². The van der Waals surface area contributed by atoms with E-state index < -0.39 is 5.63 Å². The smallest absolute Gasteiger partial charge is 0.340 e. The van der Waals surface area contributed by atoms with Crippen molar-refractivity contribution in [3.8, 4) is 5.75 Å². The fraction of sp³-hybridized carbons (Fsp3) is 0.188. The number of fused-ring (bicyclic) bond motifs is 1. The number of aromatic nitrogens is 1. The Morgan fingerprint density at radius 1 is 1.39 bits per heavy atom. The summed E-state index contributed by atoms with van der Waals surface area (Å²) in [6.45, 7) is 3.49. The van der Waals surface area contributed by atoms with Crippen LogP contribution in [0.1, 0.15) is 16.7 Å². The lowest BCUT2D eigenvalue weighted by Crippen LogP contribution is -2.20. The van der Waals surface area contributed by atoms with E-state index in [-0.39, 0.29) is 23.6 Å². The number of rotatable bonds is 3. The minimum atomic E-state index is -0.575. The summed E-state index contributed by atoms with van der Waals surface area (Å²) >= 11 is 1.29. The third kappa shape index (κ3) is 2.95. The van der Waals surface area contributed by atoms with Gasteiger partial charge in [0, 0.05) is 11.6 Å². The second-order valence-corrected chi connectivity index (χ2v) is 6.11. The van der Waals surface area contributed by atoms with Gasteiger partial charge in [0.25, 0.3) is 0 Å². The normalized spacial score (nSPS) is 10.9. The van der Waals surface area contributed by atoms with E-state index in [2.05, 4.69) is 10.3 Å². The molecular weight excluding hydrogens is 316 g/mol. The molecule has 2 N–H and O–H groups in total. The molecule has 23 heavy (non-hydrogen) atoms. The Hall–Kier alpha value is -2.67. The van der Waals surface area contributed by atoms with Crippen LogP contribution in [-0.2, 0) is 11.2 Å². The molecule has 0 atom stereocenters. The van der Waals surface area contributed by atoms with Crippen LogP contribution in [0.15, 0.2) is 32.9 Å². The molecule has 0 saturated carbocycles. The first-order chi connectivity index (χ1) is 11.0. The first kappa shape index (κ1) is 15.2. The average molecular weight is 330 g/mol. The van der Waals surface area contributed by atoms with Crippen LogP contribution in [0.4, 0.5) is 5.13 Å². The van der Waals surface area contributed by atoms with Gasteiger partial charge in [-0.2, -0.15) is 0 Å². The Labute approximate surface area is 135 Å². The van der Waals surface area contributed by atoms with E-state index in [0.29, 0.717) is 21.7 Å². The molecule has 118 valence electrons. The lowest BCUT2D eigenvalue weighted by atomic mass is 10.0. The summed E-state index contributed by atoms with van der Waals surface area (Å²) in [4.78, 5) is 28.2. The van der Waals surface area contributed by atoms with E-state index in [1.807, 2.05) is 0 Å². The van der Waals surface area contributed by atoms with Crippen molar-refractivity contribution in [2.45, 2.75) is 20.3 Å². The molecule has 0 unspecified atom stereocenters. The van der Waals surface area contributed by atoms with E-state index in [9.17, 15) is 14.7 Å². The molecule has 2 aromatic heterocycles. The molecule has 0 aliphatic rings. The lowest BCUT2D eigenvalue weighted by Gasteiger charge is -2.09. The molecule has 7 heteroatoms. The van der Waals surface area contributed by atoms with E-state index in [1.165, 1.54) is 11.3 Å². The maximum atomic E-state index is 12.2. The van der Waals surface area contributed by atoms with Crippen molar-refractivity contribution in [1.82, 2.24) is 4.98 Å². The van der Waals surface area contributed by atoms with Gasteiger partial charge in [-0.3, -0.25) is 4.79 Å². The predicted octanol–water partition coefficient (Wildman–Crippen LogP) is 2.75. The van der Waals surface area contributed by atoms with Crippen molar-refractivity contribution in [1.29, 1.82) is 0 Å². The highest BCUT2D eigenvalue weighted by atomic mass is 32.1. The molecule has 0 spiro atoms. The second kappa shape index (κ2) is 5.85. The third-order valence-corrected chi connectivity index (χ3v) is 4.21. The molecular formula is C16H14N2O4S. The van der Waals surface area contributed by atoms with Crippen molar-refractivity contribution in [3.05, 3.63) is 50.8 Å². The molecule has 0 aliphatic heterocycles. The maximum absolute atomic E-state index is 12.2. The highest BCUT2D eigenvalue weighted by Gasteiger charge is 2.17. The van der Waals surface area contributed by atoms with Crippen LogP contribution >= 0.6 is 11.3 Å². The quantitative estimate of drug-likeness (QED) is 0.720. The molecule has 0 radical (unpaired) electrons. The number of phenols is 1. The number of aryl methyl sites for hydroxylation is 2. The average Bonchev–Trinajstić information content (AvgIpc) is 2.95. The number of benzene rings is 1. The molecule has 3 aromatic rings. The molecule has 0 saturated heterocycles. The van der Waals surface area contributed by atoms with Crippen molar-refractivity contribution < 1.29 is 14.3 Å². The molecule has 0 fully saturated rings. The van der Waals surface area contributed by atoms with Crippen molar-refractivity contribution in [3.63, 3.8) is 0 Å². The molecule has 0 bridgehead atoms. The van der Waals surface area contributed by atoms with Gasteiger partial charge < -0.3 is 14.8 Å². The first-order valence-corrected chi connectivity index (χ1v) is 7.79. The first-order valence-electron chi connectivity index (χ1n) is 6.91. The predicted molar refractivity (Wildman–Crippen MR) is 88.1 cm³/mol. The van der Waals surface area contributed by atoms with Crippen LogP contribution in [0.25, 0.3) is 11.0 Å². The van der Waals surface area contributed by atoms with E-state index in [4.69, 9.17) is 4.42 Å². The maximum Gasteiger partial charge on any atom is 0.340 e. The fourth-order valence-electron chi connectivity index (χ4n) is 2.47. The van der Waals surface area contributed by atoms with Crippen LogP contribution in [0.3, 0.4) is 0 Å². The van der Waals surface area contributed by atoms with Gasteiger partial charge >= 0.3 is 5.63 Å². The highest BCUT2D eigenvalue weighted by molar-refractivity contribution is 7.13. The van der Waals surface area contributed by atoms with E-state index >= 15 is 0 Å². The molecule has 2 heterocycles. The number of carbonyl (C=O) groups excluding carboxylic acids is 1. The number of anilines is 1. The number of thiazole rings is 1. The van der Waals surface area contributed by atoms with Gasteiger partial charge in [-0.05, 0) is 37.1 Å². The minimum Gasteiger partial charge on any atom is -0.507 e. The fourth-order valence-corrected chi connectivity index (χ4v) is 3.02. The standard InChI is InChI=1S/C16H14N2O4S/c1-8-5-11(19)14-9(2)10(15(21)22-12(14)6-8)7-13(20)18-16-17-3-4-23-16/h3-6,19H,7H2,1-2H3,(H,17,18,20). The van der Waals surface area contributed by atoms with Crippen LogP contribution in [0.5, 0.6) is 5.75 Å². The Kier molecular flexibility index (Phi) is 3.87. The Morgan fingerprint density at radius 2 is 2.17 bits per heavy atom. The number of aromatic hydroxyl groups is 1. The van der Waals surface area contributed by atoms with Gasteiger partial charge in [0.15, 0.2) is 5.13 Å². The molecule has 6 nitrogen and oxygen atoms in total. The van der Waals surface area contributed by atoms with Crippen molar-refractivity contribution >= 4 is 33.3 Å². The summed E-state index contributed by atoms with van der Waals surface area (Å²) in [5, 5.41) is 15.4. The van der Waals surface area contributed by atoms with Gasteiger partial charge in [0.05, 0.1) is 17.4 Å². The zero-order valence-electron chi connectivity index (χ0n) is 12.5. The van der Waals surface area contributed by atoms with Crippen LogP contribution in [-0.4, -0.2) is 16.0 Å². The number of hydrogen-bond donors (Lipinski definition) is 2. The molecule has 1 aromatic carbocycles. The van der Waals surface area contributed by atoms with E-state index in [1.54, 1.807) is 37.6 Å². The van der Waals surface area contributed by atoms with Gasteiger partial charge in [0.1, 0.15) is 11.3 Å². The van der Waals surface area contributed by atoms with E-state index in [0.717, 1.165) is 5.56 Å². The highest BCUT2D eigenvalue weighted by Crippen LogP contribution is 2.30. The van der Waals surface area contributed by atoms with Crippen LogP contribution in [0, 0.1) is 13.8 Å².